The van der Waals surface area contributed by atoms with Gasteiger partial charge in [-0.3, -0.25) is 0 Å². The Morgan fingerprint density at radius 3 is 2.77 bits per heavy atom. The summed E-state index contributed by atoms with van der Waals surface area (Å²) in [6.45, 7) is 2.37. The van der Waals surface area contributed by atoms with E-state index in [1.807, 2.05) is 11.8 Å². The normalized spacial score (nSPS) is 22.9. The van der Waals surface area contributed by atoms with E-state index in [2.05, 4.69) is 35.6 Å². The molecule has 0 aliphatic carbocycles. The van der Waals surface area contributed by atoms with Crippen molar-refractivity contribution in [3.05, 3.63) is 30.3 Å². The van der Waals surface area contributed by atoms with E-state index < -0.39 is 0 Å². The summed E-state index contributed by atoms with van der Waals surface area (Å²) in [5.41, 5.74) is 0. The Labute approximate surface area is 83.9 Å². The molecule has 0 spiro atoms. The van der Waals surface area contributed by atoms with E-state index in [1.54, 1.807) is 0 Å². The predicted molar refractivity (Wildman–Crippen MR) is 58.2 cm³/mol. The Kier molecular flexibility index (Phi) is 3.27. The number of rotatable bonds is 2. The topological polar surface area (TPSA) is 12.0 Å². The first-order valence-corrected chi connectivity index (χ1v) is 5.75. The van der Waals surface area contributed by atoms with Crippen LogP contribution in [0.1, 0.15) is 12.8 Å². The number of thioether (sulfide) groups is 1. The highest BCUT2D eigenvalue weighted by atomic mass is 32.2. The van der Waals surface area contributed by atoms with Crippen LogP contribution in [-0.4, -0.2) is 18.3 Å². The number of hydrogen-bond donors (Lipinski definition) is 1. The van der Waals surface area contributed by atoms with Crippen LogP contribution in [0.5, 0.6) is 0 Å². The zero-order valence-corrected chi connectivity index (χ0v) is 8.52. The van der Waals surface area contributed by atoms with Gasteiger partial charge in [0.2, 0.25) is 0 Å². The number of nitrogens with one attached hydrogen (secondary N) is 1. The van der Waals surface area contributed by atoms with Gasteiger partial charge >= 0.3 is 0 Å². The van der Waals surface area contributed by atoms with Crippen molar-refractivity contribution in [2.45, 2.75) is 23.0 Å². The maximum atomic E-state index is 3.43. The molecule has 13 heavy (non-hydrogen) atoms. The lowest BCUT2D eigenvalue weighted by atomic mass is 10.2. The second-order valence-electron chi connectivity index (χ2n) is 3.40. The number of piperidine rings is 1. The van der Waals surface area contributed by atoms with Crippen molar-refractivity contribution in [3.63, 3.8) is 0 Å². The van der Waals surface area contributed by atoms with Crippen molar-refractivity contribution in [2.75, 3.05) is 13.1 Å². The lowest BCUT2D eigenvalue weighted by Crippen LogP contribution is -2.31. The van der Waals surface area contributed by atoms with Crippen molar-refractivity contribution in [2.24, 2.45) is 0 Å². The maximum absolute atomic E-state index is 3.43. The summed E-state index contributed by atoms with van der Waals surface area (Å²) in [6, 6.07) is 10.7. The Balaban J connectivity index is 1.90. The third-order valence-electron chi connectivity index (χ3n) is 2.30. The fourth-order valence-corrected chi connectivity index (χ4v) is 2.80. The molecule has 1 atom stereocenters. The molecule has 1 unspecified atom stereocenters. The van der Waals surface area contributed by atoms with Crippen molar-refractivity contribution in [1.82, 2.24) is 5.32 Å². The first-order valence-electron chi connectivity index (χ1n) is 4.87. The highest BCUT2D eigenvalue weighted by molar-refractivity contribution is 8.00. The summed E-state index contributed by atoms with van der Waals surface area (Å²) in [7, 11) is 0. The molecule has 2 heteroatoms. The van der Waals surface area contributed by atoms with E-state index >= 15 is 0 Å². The molecule has 1 saturated heterocycles. The SMILES string of the molecule is c1ccc(SC2CCCNC2)cc1. The van der Waals surface area contributed by atoms with Crippen LogP contribution in [0.2, 0.25) is 0 Å². The van der Waals surface area contributed by atoms with Gasteiger partial charge in [-0.05, 0) is 31.5 Å². The van der Waals surface area contributed by atoms with E-state index in [1.165, 1.54) is 30.8 Å². The van der Waals surface area contributed by atoms with Gasteiger partial charge in [-0.1, -0.05) is 18.2 Å². The van der Waals surface area contributed by atoms with Crippen molar-refractivity contribution < 1.29 is 0 Å². The lowest BCUT2D eigenvalue weighted by Gasteiger charge is -2.21. The molecule has 1 aliphatic heterocycles. The quantitative estimate of drug-likeness (QED) is 0.774. The molecule has 1 nitrogen and oxygen atoms in total. The molecular formula is C11H15NS. The van der Waals surface area contributed by atoms with Crippen molar-refractivity contribution >= 4 is 11.8 Å². The van der Waals surface area contributed by atoms with Crippen LogP contribution < -0.4 is 5.32 Å². The molecule has 0 radical (unpaired) electrons. The maximum Gasteiger partial charge on any atom is 0.0220 e. The number of benzene rings is 1. The summed E-state index contributed by atoms with van der Waals surface area (Å²) in [5, 5.41) is 4.21. The molecule has 0 bridgehead atoms. The number of hydrogen-bond acceptors (Lipinski definition) is 2. The lowest BCUT2D eigenvalue weighted by molar-refractivity contribution is 0.531. The first kappa shape index (κ1) is 9.10. The zero-order valence-electron chi connectivity index (χ0n) is 7.70. The van der Waals surface area contributed by atoms with Crippen LogP contribution in [-0.2, 0) is 0 Å². The molecule has 1 aromatic rings. The minimum atomic E-state index is 0.774. The van der Waals surface area contributed by atoms with E-state index in [9.17, 15) is 0 Å². The van der Waals surface area contributed by atoms with Gasteiger partial charge in [0, 0.05) is 16.7 Å². The fourth-order valence-electron chi connectivity index (χ4n) is 1.61. The molecular weight excluding hydrogens is 178 g/mol. The summed E-state index contributed by atoms with van der Waals surface area (Å²) in [6.07, 6.45) is 2.68. The Morgan fingerprint density at radius 2 is 2.08 bits per heavy atom. The van der Waals surface area contributed by atoms with Gasteiger partial charge in [0.1, 0.15) is 0 Å². The summed E-state index contributed by atoms with van der Waals surface area (Å²) in [5.74, 6) is 0. The highest BCUT2D eigenvalue weighted by Gasteiger charge is 2.13. The molecule has 0 amide bonds. The smallest absolute Gasteiger partial charge is 0.0220 e. The Morgan fingerprint density at radius 1 is 1.23 bits per heavy atom. The Bertz CT molecular complexity index is 242. The molecule has 1 aliphatic rings. The standard InChI is InChI=1S/C11H15NS/c1-2-5-10(6-3-1)13-11-7-4-8-12-9-11/h1-3,5-6,11-12H,4,7-9H2. The highest BCUT2D eigenvalue weighted by Crippen LogP contribution is 2.26. The van der Waals surface area contributed by atoms with Gasteiger partial charge in [-0.25, -0.2) is 0 Å². The molecule has 1 heterocycles. The van der Waals surface area contributed by atoms with Crippen molar-refractivity contribution in [1.29, 1.82) is 0 Å². The van der Waals surface area contributed by atoms with Crippen LogP contribution in [0.4, 0.5) is 0 Å². The average Bonchev–Trinajstić information content (AvgIpc) is 2.21. The monoisotopic (exact) mass is 193 g/mol. The molecule has 0 aromatic heterocycles. The largest absolute Gasteiger partial charge is 0.316 e. The molecule has 70 valence electrons. The van der Waals surface area contributed by atoms with Crippen molar-refractivity contribution in [3.8, 4) is 0 Å². The average molecular weight is 193 g/mol. The molecule has 1 N–H and O–H groups in total. The first-order chi connectivity index (χ1) is 6.45. The second kappa shape index (κ2) is 4.68. The van der Waals surface area contributed by atoms with E-state index in [0.29, 0.717) is 0 Å². The summed E-state index contributed by atoms with van der Waals surface area (Å²) in [4.78, 5) is 1.40. The van der Waals surface area contributed by atoms with Gasteiger partial charge in [0.05, 0.1) is 0 Å². The van der Waals surface area contributed by atoms with Gasteiger partial charge < -0.3 is 5.32 Å². The Hall–Kier alpha value is -0.470. The second-order valence-corrected chi connectivity index (χ2v) is 4.77. The van der Waals surface area contributed by atoms with E-state index in [-0.39, 0.29) is 0 Å². The zero-order chi connectivity index (χ0) is 8.93. The van der Waals surface area contributed by atoms with Crippen LogP contribution in [0.25, 0.3) is 0 Å². The third-order valence-corrected chi connectivity index (χ3v) is 3.58. The molecule has 1 aromatic carbocycles. The van der Waals surface area contributed by atoms with Gasteiger partial charge in [0.15, 0.2) is 0 Å². The molecule has 1 fully saturated rings. The molecule has 2 rings (SSSR count). The van der Waals surface area contributed by atoms with Crippen LogP contribution in [0.15, 0.2) is 35.2 Å². The van der Waals surface area contributed by atoms with Crippen LogP contribution >= 0.6 is 11.8 Å². The minimum absolute atomic E-state index is 0.774. The van der Waals surface area contributed by atoms with E-state index in [4.69, 9.17) is 0 Å². The molecule has 0 saturated carbocycles. The van der Waals surface area contributed by atoms with Crippen LogP contribution in [0, 0.1) is 0 Å². The third kappa shape index (κ3) is 2.75. The summed E-state index contributed by atoms with van der Waals surface area (Å²) >= 11 is 2.00. The van der Waals surface area contributed by atoms with Gasteiger partial charge in [0.25, 0.3) is 0 Å². The van der Waals surface area contributed by atoms with Crippen LogP contribution in [0.3, 0.4) is 0 Å². The van der Waals surface area contributed by atoms with Gasteiger partial charge in [-0.15, -0.1) is 11.8 Å². The van der Waals surface area contributed by atoms with E-state index in [0.717, 1.165) is 5.25 Å². The predicted octanol–water partition coefficient (Wildman–Crippen LogP) is 2.53. The summed E-state index contributed by atoms with van der Waals surface area (Å²) < 4.78 is 0. The fraction of sp³-hybridized carbons (Fsp3) is 0.455. The van der Waals surface area contributed by atoms with Gasteiger partial charge in [-0.2, -0.15) is 0 Å². The minimum Gasteiger partial charge on any atom is -0.316 e.